The molecule has 0 aliphatic heterocycles. The summed E-state index contributed by atoms with van der Waals surface area (Å²) >= 11 is 0. The molecular formula is C43H57N5O12. The van der Waals surface area contributed by atoms with Crippen molar-refractivity contribution in [2.45, 2.75) is 102 Å². The normalized spacial score (nSPS) is 16.1. The molecule has 3 aromatic rings. The number of aliphatic hydroxyl groups excluding tert-OH is 3. The minimum atomic E-state index is -3.43. The Morgan fingerprint density at radius 3 is 1.73 bits per heavy atom. The van der Waals surface area contributed by atoms with Gasteiger partial charge in [-0.05, 0) is 43.4 Å². The second-order valence-electron chi connectivity index (χ2n) is 15.6. The number of hydrogen-bond donors (Lipinski definition) is 8. The van der Waals surface area contributed by atoms with Crippen molar-refractivity contribution in [3.05, 3.63) is 108 Å². The Morgan fingerprint density at radius 1 is 0.817 bits per heavy atom. The summed E-state index contributed by atoms with van der Waals surface area (Å²) in [6, 6.07) is 21.1. The molecule has 0 fully saturated rings. The highest BCUT2D eigenvalue weighted by Gasteiger charge is 2.51. The van der Waals surface area contributed by atoms with Crippen molar-refractivity contribution in [2.24, 2.45) is 29.0 Å². The van der Waals surface area contributed by atoms with E-state index in [0.717, 1.165) is 0 Å². The number of rotatable bonds is 20. The molecule has 4 amide bonds. The van der Waals surface area contributed by atoms with E-state index in [0.29, 0.717) is 23.1 Å². The third-order valence-electron chi connectivity index (χ3n) is 9.85. The SMILES string of the molecule is CC[C@@H](C)[C@H](N)C(=O)N(C(=O)OC(C)(C)C)[C@@H](CC(N)=O)C(=O)[C@@H](CO)[C@@H](O)C(O)[C@](N)(O)C(=O)NC(CC(=O)OC(c1ccccc1)c1ccccc1)c1ccccc1. The number of aliphatic hydroxyl groups is 4. The number of nitrogens with two attached hydrogens (primary N) is 3. The summed E-state index contributed by atoms with van der Waals surface area (Å²) in [6.45, 7) is 6.39. The monoisotopic (exact) mass is 835 g/mol. The topological polar surface area (TPSA) is 295 Å². The third-order valence-corrected chi connectivity index (χ3v) is 9.85. The highest BCUT2D eigenvalue weighted by molar-refractivity contribution is 6.03. The molecule has 8 atom stereocenters. The van der Waals surface area contributed by atoms with Gasteiger partial charge in [-0.3, -0.25) is 29.7 Å². The van der Waals surface area contributed by atoms with Gasteiger partial charge in [0.1, 0.15) is 17.7 Å². The van der Waals surface area contributed by atoms with Crippen LogP contribution in [0, 0.1) is 11.8 Å². The van der Waals surface area contributed by atoms with E-state index < -0.39 is 115 Å². The lowest BCUT2D eigenvalue weighted by atomic mass is 9.84. The minimum absolute atomic E-state index is 0.280. The molecule has 0 spiro atoms. The van der Waals surface area contributed by atoms with Gasteiger partial charge in [-0.1, -0.05) is 111 Å². The molecule has 0 aromatic heterocycles. The van der Waals surface area contributed by atoms with Gasteiger partial charge in [0.15, 0.2) is 11.9 Å². The van der Waals surface area contributed by atoms with Crippen LogP contribution in [0.25, 0.3) is 0 Å². The molecule has 0 aliphatic rings. The molecule has 326 valence electrons. The quantitative estimate of drug-likeness (QED) is 0.0591. The summed E-state index contributed by atoms with van der Waals surface area (Å²) in [7, 11) is 0. The Labute approximate surface area is 348 Å². The van der Waals surface area contributed by atoms with Crippen LogP contribution >= 0.6 is 0 Å². The minimum Gasteiger partial charge on any atom is -0.452 e. The maximum absolute atomic E-state index is 14.2. The third kappa shape index (κ3) is 13.0. The van der Waals surface area contributed by atoms with Crippen molar-refractivity contribution in [3.63, 3.8) is 0 Å². The summed E-state index contributed by atoms with van der Waals surface area (Å²) in [4.78, 5) is 81.3. The molecular weight excluding hydrogens is 778 g/mol. The van der Waals surface area contributed by atoms with Crippen LogP contribution in [0.5, 0.6) is 0 Å². The molecule has 60 heavy (non-hydrogen) atoms. The number of ether oxygens (including phenoxy) is 2. The van der Waals surface area contributed by atoms with E-state index in [2.05, 4.69) is 5.32 Å². The summed E-state index contributed by atoms with van der Waals surface area (Å²) in [5, 5.41) is 46.7. The number of Topliss-reactive ketones (excluding diaryl/α,β-unsaturated/α-hetero) is 1. The standard InChI is InChI=1S/C43H57N5O12/c1-6-25(2)34(45)39(55)48(41(57)60-42(3,4)5)31(23-32(44)50)35(52)29(24-49)36(53)38(54)43(46,58)40(56)47-30(26-16-10-7-11-17-26)22-33(51)59-37(27-18-12-8-13-19-27)28-20-14-9-15-21-28/h7-21,25,29-31,34,36-38,49,53-54,58H,6,22-24,45-46H2,1-5H3,(H2,44,50)(H,47,56)/t25-,29-,30?,31+,34+,36-,38?,43+/m1/s1. The lowest BCUT2D eigenvalue weighted by Gasteiger charge is -2.37. The summed E-state index contributed by atoms with van der Waals surface area (Å²) < 4.78 is 11.3. The number of ketones is 1. The number of hydrogen-bond acceptors (Lipinski definition) is 14. The van der Waals surface area contributed by atoms with Crippen LogP contribution in [0.15, 0.2) is 91.0 Å². The predicted octanol–water partition coefficient (Wildman–Crippen LogP) is 1.49. The van der Waals surface area contributed by atoms with Crippen molar-refractivity contribution < 1.29 is 58.7 Å². The van der Waals surface area contributed by atoms with Crippen LogP contribution < -0.4 is 22.5 Å². The number of amides is 4. The molecule has 0 bridgehead atoms. The fourth-order valence-electron chi connectivity index (χ4n) is 6.22. The van der Waals surface area contributed by atoms with Gasteiger partial charge in [-0.2, -0.15) is 0 Å². The first-order valence-electron chi connectivity index (χ1n) is 19.4. The smallest absolute Gasteiger partial charge is 0.417 e. The van der Waals surface area contributed by atoms with Gasteiger partial charge in [-0.25, -0.2) is 9.69 Å². The van der Waals surface area contributed by atoms with E-state index >= 15 is 0 Å². The molecule has 0 saturated carbocycles. The van der Waals surface area contributed by atoms with E-state index in [-0.39, 0.29) is 4.90 Å². The fourth-order valence-corrected chi connectivity index (χ4v) is 6.22. The zero-order chi connectivity index (χ0) is 44.9. The number of esters is 1. The van der Waals surface area contributed by atoms with Crippen LogP contribution in [0.2, 0.25) is 0 Å². The van der Waals surface area contributed by atoms with Crippen LogP contribution in [-0.4, -0.2) is 103 Å². The maximum atomic E-state index is 14.2. The molecule has 0 radical (unpaired) electrons. The number of nitrogens with one attached hydrogen (secondary N) is 1. The van der Waals surface area contributed by atoms with E-state index in [9.17, 15) is 49.2 Å². The Morgan fingerprint density at radius 2 is 1.30 bits per heavy atom. The Hall–Kier alpha value is -5.56. The number of primary amides is 1. The van der Waals surface area contributed by atoms with Crippen molar-refractivity contribution in [1.29, 1.82) is 0 Å². The highest BCUT2D eigenvalue weighted by atomic mass is 16.6. The molecule has 2 unspecified atom stereocenters. The highest BCUT2D eigenvalue weighted by Crippen LogP contribution is 2.29. The lowest BCUT2D eigenvalue weighted by molar-refractivity contribution is -0.173. The number of nitrogens with zero attached hydrogens (tertiary/aromatic N) is 1. The maximum Gasteiger partial charge on any atom is 0.417 e. The number of carbonyl (C=O) groups excluding carboxylic acids is 6. The Kier molecular flexibility index (Phi) is 17.6. The van der Waals surface area contributed by atoms with Gasteiger partial charge in [0.05, 0.1) is 43.6 Å². The largest absolute Gasteiger partial charge is 0.452 e. The van der Waals surface area contributed by atoms with Crippen molar-refractivity contribution in [1.82, 2.24) is 10.2 Å². The number of imide groups is 1. The summed E-state index contributed by atoms with van der Waals surface area (Å²) in [6.07, 6.45) is -8.78. The number of benzene rings is 3. The zero-order valence-electron chi connectivity index (χ0n) is 34.3. The molecule has 17 heteroatoms. The van der Waals surface area contributed by atoms with E-state index in [4.69, 9.17) is 26.7 Å². The molecule has 11 N–H and O–H groups in total. The second kappa shape index (κ2) is 21.6. The van der Waals surface area contributed by atoms with E-state index in [1.165, 1.54) is 20.8 Å². The number of carbonyl (C=O) groups is 6. The first-order chi connectivity index (χ1) is 28.1. The average molecular weight is 836 g/mol. The second-order valence-corrected chi connectivity index (χ2v) is 15.6. The summed E-state index contributed by atoms with van der Waals surface area (Å²) in [5.74, 6) is -8.81. The Balaban J connectivity index is 1.94. The van der Waals surface area contributed by atoms with Crippen LogP contribution in [-0.2, 0) is 33.4 Å². The first-order valence-corrected chi connectivity index (χ1v) is 19.4. The van der Waals surface area contributed by atoms with Crippen LogP contribution in [0.1, 0.15) is 82.7 Å². The zero-order valence-corrected chi connectivity index (χ0v) is 34.3. The van der Waals surface area contributed by atoms with Crippen LogP contribution in [0.4, 0.5) is 4.79 Å². The molecule has 3 aromatic carbocycles. The van der Waals surface area contributed by atoms with Gasteiger partial charge in [0.2, 0.25) is 17.5 Å². The molecule has 0 heterocycles. The average Bonchev–Trinajstić information content (AvgIpc) is 3.21. The van der Waals surface area contributed by atoms with E-state index in [1.54, 1.807) is 105 Å². The van der Waals surface area contributed by atoms with Gasteiger partial charge < -0.3 is 46.7 Å². The van der Waals surface area contributed by atoms with Gasteiger partial charge in [0.25, 0.3) is 5.91 Å². The van der Waals surface area contributed by atoms with Crippen molar-refractivity contribution in [3.8, 4) is 0 Å². The summed E-state index contributed by atoms with van der Waals surface area (Å²) in [5.41, 5.74) is 14.5. The van der Waals surface area contributed by atoms with Gasteiger partial charge in [-0.15, -0.1) is 0 Å². The predicted molar refractivity (Wildman–Crippen MR) is 218 cm³/mol. The molecule has 17 nitrogen and oxygen atoms in total. The first kappa shape index (κ1) is 48.8. The van der Waals surface area contributed by atoms with Gasteiger partial charge in [0, 0.05) is 0 Å². The molecule has 0 saturated heterocycles. The van der Waals surface area contributed by atoms with Gasteiger partial charge >= 0.3 is 12.1 Å². The Bertz CT molecular complexity index is 1870. The van der Waals surface area contributed by atoms with Crippen molar-refractivity contribution >= 4 is 35.6 Å². The fraction of sp³-hybridized carbons (Fsp3) is 0.442. The van der Waals surface area contributed by atoms with Crippen LogP contribution in [0.3, 0.4) is 0 Å². The van der Waals surface area contributed by atoms with E-state index in [1.807, 2.05) is 0 Å². The lowest BCUT2D eigenvalue weighted by Crippen LogP contribution is -2.67. The molecule has 0 aliphatic carbocycles. The van der Waals surface area contributed by atoms with Crippen molar-refractivity contribution in [2.75, 3.05) is 6.61 Å². The molecule has 3 rings (SSSR count).